The molecule has 0 unspecified atom stereocenters. The van der Waals surface area contributed by atoms with E-state index >= 15 is 0 Å². The van der Waals surface area contributed by atoms with Gasteiger partial charge in [-0.3, -0.25) is 4.79 Å². The van der Waals surface area contributed by atoms with E-state index in [0.717, 1.165) is 11.3 Å². The Balaban J connectivity index is 1.77. The molecule has 1 amide bonds. The fourth-order valence-electron chi connectivity index (χ4n) is 1.54. The first-order chi connectivity index (χ1) is 9.74. The highest BCUT2D eigenvalue weighted by atomic mass is 35.5. The molecule has 0 aliphatic rings. The van der Waals surface area contributed by atoms with Crippen molar-refractivity contribution < 1.29 is 4.79 Å². The first kappa shape index (κ1) is 14.1. The minimum Gasteiger partial charge on any atom is -0.376 e. The molecule has 0 fully saturated rings. The van der Waals surface area contributed by atoms with E-state index in [1.54, 1.807) is 18.3 Å². The van der Waals surface area contributed by atoms with E-state index in [4.69, 9.17) is 11.6 Å². The fourth-order valence-corrected chi connectivity index (χ4v) is 1.73. The average Bonchev–Trinajstić information content (AvgIpc) is 2.46. The zero-order chi connectivity index (χ0) is 14.2. The number of anilines is 1. The highest BCUT2D eigenvalue weighted by Crippen LogP contribution is 2.14. The van der Waals surface area contributed by atoms with E-state index in [1.165, 1.54) is 0 Å². The van der Waals surface area contributed by atoms with Crippen LogP contribution in [-0.4, -0.2) is 18.7 Å². The van der Waals surface area contributed by atoms with Gasteiger partial charge in [-0.2, -0.15) is 5.10 Å². The van der Waals surface area contributed by atoms with E-state index in [2.05, 4.69) is 15.8 Å². The Morgan fingerprint density at radius 1 is 1.15 bits per heavy atom. The van der Waals surface area contributed by atoms with Crippen LogP contribution in [0.2, 0.25) is 5.02 Å². The first-order valence-corrected chi connectivity index (χ1v) is 6.48. The van der Waals surface area contributed by atoms with Crippen molar-refractivity contribution in [3.63, 3.8) is 0 Å². The monoisotopic (exact) mass is 287 g/mol. The fraction of sp³-hybridized carbons (Fsp3) is 0.0667. The van der Waals surface area contributed by atoms with Crippen LogP contribution in [0, 0.1) is 0 Å². The lowest BCUT2D eigenvalue weighted by molar-refractivity contribution is -0.119. The summed E-state index contributed by atoms with van der Waals surface area (Å²) in [5, 5.41) is 7.47. The van der Waals surface area contributed by atoms with Gasteiger partial charge in [0.25, 0.3) is 5.91 Å². The minimum absolute atomic E-state index is 0.131. The third-order valence-electron chi connectivity index (χ3n) is 2.48. The molecule has 0 aromatic heterocycles. The summed E-state index contributed by atoms with van der Waals surface area (Å²) >= 11 is 5.85. The Morgan fingerprint density at radius 2 is 1.95 bits per heavy atom. The Labute approximate surface area is 122 Å². The van der Waals surface area contributed by atoms with Crippen LogP contribution >= 0.6 is 11.6 Å². The molecule has 2 N–H and O–H groups in total. The molecule has 20 heavy (non-hydrogen) atoms. The van der Waals surface area contributed by atoms with Gasteiger partial charge in [0.15, 0.2) is 0 Å². The molecule has 0 heterocycles. The molecule has 2 aromatic rings. The molecule has 4 nitrogen and oxygen atoms in total. The Hall–Kier alpha value is -2.33. The van der Waals surface area contributed by atoms with Crippen molar-refractivity contribution in [1.29, 1.82) is 0 Å². The van der Waals surface area contributed by atoms with Crippen LogP contribution in [0.15, 0.2) is 59.7 Å². The number of hydrogen-bond acceptors (Lipinski definition) is 3. The van der Waals surface area contributed by atoms with E-state index < -0.39 is 0 Å². The second kappa shape index (κ2) is 7.31. The van der Waals surface area contributed by atoms with E-state index in [0.29, 0.717) is 5.02 Å². The highest BCUT2D eigenvalue weighted by molar-refractivity contribution is 6.30. The maximum absolute atomic E-state index is 11.6. The van der Waals surface area contributed by atoms with E-state index in [-0.39, 0.29) is 12.5 Å². The van der Waals surface area contributed by atoms with Gasteiger partial charge in [-0.15, -0.1) is 0 Å². The van der Waals surface area contributed by atoms with Crippen LogP contribution in [0.1, 0.15) is 5.56 Å². The summed E-state index contributed by atoms with van der Waals surface area (Å²) in [6, 6.07) is 16.7. The molecule has 2 rings (SSSR count). The average molecular weight is 288 g/mol. The van der Waals surface area contributed by atoms with Crippen LogP contribution in [0.4, 0.5) is 5.69 Å². The van der Waals surface area contributed by atoms with Crippen molar-refractivity contribution in [3.05, 3.63) is 65.2 Å². The Kier molecular flexibility index (Phi) is 5.15. The quantitative estimate of drug-likeness (QED) is 0.656. The maximum atomic E-state index is 11.6. The molecule has 0 saturated carbocycles. The lowest BCUT2D eigenvalue weighted by Crippen LogP contribution is -2.25. The van der Waals surface area contributed by atoms with E-state index in [9.17, 15) is 4.79 Å². The second-order valence-corrected chi connectivity index (χ2v) is 4.50. The van der Waals surface area contributed by atoms with Gasteiger partial charge in [0.1, 0.15) is 0 Å². The summed E-state index contributed by atoms with van der Waals surface area (Å²) in [4.78, 5) is 11.6. The molecule has 0 atom stereocenters. The number of halogens is 1. The van der Waals surface area contributed by atoms with Gasteiger partial charge in [-0.05, 0) is 23.8 Å². The van der Waals surface area contributed by atoms with Gasteiger partial charge in [-0.1, -0.05) is 48.0 Å². The normalized spacial score (nSPS) is 10.4. The van der Waals surface area contributed by atoms with Crippen molar-refractivity contribution in [3.8, 4) is 0 Å². The molecule has 2 aromatic carbocycles. The van der Waals surface area contributed by atoms with Crippen molar-refractivity contribution in [1.82, 2.24) is 5.43 Å². The third-order valence-corrected chi connectivity index (χ3v) is 2.72. The lowest BCUT2D eigenvalue weighted by Gasteiger charge is -2.05. The van der Waals surface area contributed by atoms with Crippen LogP contribution in [0.5, 0.6) is 0 Å². The number of benzene rings is 2. The summed E-state index contributed by atoms with van der Waals surface area (Å²) in [7, 11) is 0. The summed E-state index contributed by atoms with van der Waals surface area (Å²) < 4.78 is 0. The molecule has 0 spiro atoms. The number of nitrogens with one attached hydrogen (secondary N) is 2. The molecule has 5 heteroatoms. The predicted octanol–water partition coefficient (Wildman–Crippen LogP) is 2.90. The SMILES string of the molecule is O=C(CNc1cccc(Cl)c1)N/N=C/c1ccccc1. The topological polar surface area (TPSA) is 53.5 Å². The molecule has 0 saturated heterocycles. The summed E-state index contributed by atoms with van der Waals surface area (Å²) in [6.45, 7) is 0.131. The molecule has 0 bridgehead atoms. The van der Waals surface area contributed by atoms with Gasteiger partial charge in [0.2, 0.25) is 0 Å². The van der Waals surface area contributed by atoms with Gasteiger partial charge in [-0.25, -0.2) is 5.43 Å². The Bertz CT molecular complexity index is 599. The molecule has 0 radical (unpaired) electrons. The second-order valence-electron chi connectivity index (χ2n) is 4.07. The van der Waals surface area contributed by atoms with Gasteiger partial charge in [0.05, 0.1) is 12.8 Å². The van der Waals surface area contributed by atoms with Crippen LogP contribution in [0.25, 0.3) is 0 Å². The summed E-state index contributed by atoms with van der Waals surface area (Å²) in [6.07, 6.45) is 1.59. The predicted molar refractivity (Wildman–Crippen MR) is 82.1 cm³/mol. The number of hydrogen-bond donors (Lipinski definition) is 2. The largest absolute Gasteiger partial charge is 0.376 e. The number of rotatable bonds is 5. The van der Waals surface area contributed by atoms with Gasteiger partial charge < -0.3 is 5.32 Å². The van der Waals surface area contributed by atoms with Crippen LogP contribution in [-0.2, 0) is 4.79 Å². The summed E-state index contributed by atoms with van der Waals surface area (Å²) in [5.41, 5.74) is 4.17. The molecular weight excluding hydrogens is 274 g/mol. The van der Waals surface area contributed by atoms with Crippen molar-refractivity contribution in [2.24, 2.45) is 5.10 Å². The lowest BCUT2D eigenvalue weighted by atomic mass is 10.2. The number of nitrogens with zero attached hydrogens (tertiary/aromatic N) is 1. The van der Waals surface area contributed by atoms with Crippen molar-refractivity contribution in [2.75, 3.05) is 11.9 Å². The minimum atomic E-state index is -0.225. The molecular formula is C15H14ClN3O. The smallest absolute Gasteiger partial charge is 0.259 e. The molecule has 0 aliphatic heterocycles. The zero-order valence-electron chi connectivity index (χ0n) is 10.7. The first-order valence-electron chi connectivity index (χ1n) is 6.10. The number of carbonyl (C=O) groups is 1. The maximum Gasteiger partial charge on any atom is 0.259 e. The number of amides is 1. The highest BCUT2D eigenvalue weighted by Gasteiger charge is 1.99. The number of hydrazone groups is 1. The Morgan fingerprint density at radius 3 is 2.70 bits per heavy atom. The number of carbonyl (C=O) groups excluding carboxylic acids is 1. The molecule has 102 valence electrons. The molecule has 0 aliphatic carbocycles. The standard InChI is InChI=1S/C15H14ClN3O/c16-13-7-4-8-14(9-13)17-11-15(20)19-18-10-12-5-2-1-3-6-12/h1-10,17H,11H2,(H,19,20)/b18-10+. The van der Waals surface area contributed by atoms with Crippen LogP contribution in [0.3, 0.4) is 0 Å². The van der Waals surface area contributed by atoms with Crippen LogP contribution < -0.4 is 10.7 Å². The van der Waals surface area contributed by atoms with E-state index in [1.807, 2.05) is 42.5 Å². The third kappa shape index (κ3) is 4.74. The van der Waals surface area contributed by atoms with Crippen molar-refractivity contribution in [2.45, 2.75) is 0 Å². The zero-order valence-corrected chi connectivity index (χ0v) is 11.5. The van der Waals surface area contributed by atoms with Crippen molar-refractivity contribution >= 4 is 29.4 Å². The summed E-state index contributed by atoms with van der Waals surface area (Å²) in [5.74, 6) is -0.225. The van der Waals surface area contributed by atoms with Gasteiger partial charge >= 0.3 is 0 Å². The van der Waals surface area contributed by atoms with Gasteiger partial charge in [0, 0.05) is 10.7 Å².